The Bertz CT molecular complexity index is 236. The van der Waals surface area contributed by atoms with Gasteiger partial charge in [-0.3, -0.25) is 4.79 Å². The highest BCUT2D eigenvalue weighted by molar-refractivity contribution is 5.71. The maximum Gasteiger partial charge on any atom is 0.308 e. The van der Waals surface area contributed by atoms with Crippen LogP contribution in [-0.4, -0.2) is 23.7 Å². The highest BCUT2D eigenvalue weighted by Gasteiger charge is 2.30. The predicted molar refractivity (Wildman–Crippen MR) is 63.3 cm³/mol. The Morgan fingerprint density at radius 2 is 1.69 bits per heavy atom. The van der Waals surface area contributed by atoms with Crippen LogP contribution in [0.2, 0.25) is 0 Å². The van der Waals surface area contributed by atoms with E-state index in [9.17, 15) is 4.79 Å². The normalized spacial score (nSPS) is 31.8. The third kappa shape index (κ3) is 2.97. The smallest absolute Gasteiger partial charge is 0.308 e. The minimum absolute atomic E-state index is 0.143. The molecular formula is C13H23NO2. The quantitative estimate of drug-likeness (QED) is 0.772. The summed E-state index contributed by atoms with van der Waals surface area (Å²) in [6.45, 7) is 1.04. The monoisotopic (exact) mass is 225 g/mol. The Labute approximate surface area is 97.6 Å². The van der Waals surface area contributed by atoms with Crippen LogP contribution in [0.5, 0.6) is 0 Å². The number of hydrogen-bond acceptors (Lipinski definition) is 2. The molecule has 0 radical (unpaired) electrons. The zero-order valence-electron chi connectivity index (χ0n) is 9.95. The lowest BCUT2D eigenvalue weighted by Gasteiger charge is -2.30. The van der Waals surface area contributed by atoms with Crippen molar-refractivity contribution in [3.63, 3.8) is 0 Å². The van der Waals surface area contributed by atoms with Crippen LogP contribution in [0.25, 0.3) is 0 Å². The Balaban J connectivity index is 1.78. The summed E-state index contributed by atoms with van der Waals surface area (Å²) in [6, 6.07) is 0.229. The van der Waals surface area contributed by atoms with Crippen molar-refractivity contribution in [3.05, 3.63) is 0 Å². The van der Waals surface area contributed by atoms with Crippen molar-refractivity contribution in [2.24, 2.45) is 11.8 Å². The molecule has 0 aromatic carbocycles. The first kappa shape index (κ1) is 11.9. The molecule has 3 heteroatoms. The van der Waals surface area contributed by atoms with Crippen LogP contribution in [0, 0.1) is 11.8 Å². The number of hydrogen-bond donors (Lipinski definition) is 2. The lowest BCUT2D eigenvalue weighted by Crippen LogP contribution is -2.43. The number of rotatable bonds is 4. The van der Waals surface area contributed by atoms with Gasteiger partial charge in [0.15, 0.2) is 0 Å². The fourth-order valence-electron chi connectivity index (χ4n) is 3.20. The number of carboxylic acids is 1. The highest BCUT2D eigenvalue weighted by Crippen LogP contribution is 2.27. The molecule has 16 heavy (non-hydrogen) atoms. The van der Waals surface area contributed by atoms with Crippen LogP contribution in [-0.2, 0) is 4.79 Å². The summed E-state index contributed by atoms with van der Waals surface area (Å²) >= 11 is 0. The topological polar surface area (TPSA) is 49.3 Å². The van der Waals surface area contributed by atoms with Crippen LogP contribution in [0.15, 0.2) is 0 Å². The van der Waals surface area contributed by atoms with Gasteiger partial charge < -0.3 is 10.4 Å². The first-order valence-corrected chi connectivity index (χ1v) is 6.73. The van der Waals surface area contributed by atoms with E-state index in [1.807, 2.05) is 0 Å². The number of carbonyl (C=O) groups is 1. The third-order valence-electron chi connectivity index (χ3n) is 4.23. The number of carboxylic acid groups (broad SMARTS) is 1. The van der Waals surface area contributed by atoms with Crippen LogP contribution >= 0.6 is 0 Å². The first-order valence-electron chi connectivity index (χ1n) is 6.73. The van der Waals surface area contributed by atoms with Crippen LogP contribution in [0.4, 0.5) is 0 Å². The van der Waals surface area contributed by atoms with E-state index in [4.69, 9.17) is 5.11 Å². The van der Waals surface area contributed by atoms with Gasteiger partial charge in [-0.15, -0.1) is 0 Å². The van der Waals surface area contributed by atoms with Gasteiger partial charge in [0.05, 0.1) is 5.92 Å². The Hall–Kier alpha value is -0.570. The van der Waals surface area contributed by atoms with Crippen molar-refractivity contribution in [2.75, 3.05) is 6.54 Å². The first-order chi connectivity index (χ1) is 7.77. The maximum atomic E-state index is 11.1. The summed E-state index contributed by atoms with van der Waals surface area (Å²) in [5.74, 6) is 0.0511. The molecular weight excluding hydrogens is 202 g/mol. The molecule has 2 saturated carbocycles. The summed E-state index contributed by atoms with van der Waals surface area (Å²) in [7, 11) is 0. The van der Waals surface area contributed by atoms with Crippen molar-refractivity contribution in [1.82, 2.24) is 5.32 Å². The summed E-state index contributed by atoms with van der Waals surface area (Å²) in [5, 5.41) is 12.7. The second kappa shape index (κ2) is 5.67. The lowest BCUT2D eigenvalue weighted by molar-refractivity contribution is -0.143. The van der Waals surface area contributed by atoms with Crippen molar-refractivity contribution in [2.45, 2.75) is 57.4 Å². The molecule has 0 amide bonds. The zero-order valence-corrected chi connectivity index (χ0v) is 9.95. The molecule has 0 bridgehead atoms. The van der Waals surface area contributed by atoms with Gasteiger partial charge >= 0.3 is 5.97 Å². The lowest BCUT2D eigenvalue weighted by atomic mass is 9.84. The van der Waals surface area contributed by atoms with Gasteiger partial charge in [0, 0.05) is 6.04 Å². The maximum absolute atomic E-state index is 11.1. The minimum atomic E-state index is -0.608. The highest BCUT2D eigenvalue weighted by atomic mass is 16.4. The largest absolute Gasteiger partial charge is 0.481 e. The van der Waals surface area contributed by atoms with E-state index in [-0.39, 0.29) is 12.0 Å². The van der Waals surface area contributed by atoms with E-state index >= 15 is 0 Å². The van der Waals surface area contributed by atoms with Crippen molar-refractivity contribution in [1.29, 1.82) is 0 Å². The second-order valence-corrected chi connectivity index (χ2v) is 5.39. The summed E-state index contributed by atoms with van der Waals surface area (Å²) in [5.41, 5.74) is 0. The molecule has 2 aliphatic rings. The van der Waals surface area contributed by atoms with Gasteiger partial charge in [0.1, 0.15) is 0 Å². The van der Waals surface area contributed by atoms with E-state index < -0.39 is 5.97 Å². The Morgan fingerprint density at radius 1 is 1.06 bits per heavy atom. The van der Waals surface area contributed by atoms with E-state index in [1.54, 1.807) is 0 Å². The molecule has 2 N–H and O–H groups in total. The zero-order chi connectivity index (χ0) is 11.4. The molecule has 0 aromatic rings. The molecule has 2 rings (SSSR count). The average Bonchev–Trinajstić information content (AvgIpc) is 2.79. The van der Waals surface area contributed by atoms with E-state index in [0.717, 1.165) is 31.7 Å². The number of nitrogens with one attached hydrogen (secondary N) is 1. The van der Waals surface area contributed by atoms with Gasteiger partial charge in [-0.1, -0.05) is 25.7 Å². The second-order valence-electron chi connectivity index (χ2n) is 5.39. The molecule has 92 valence electrons. The minimum Gasteiger partial charge on any atom is -0.481 e. The van der Waals surface area contributed by atoms with Gasteiger partial charge in [-0.2, -0.15) is 0 Å². The van der Waals surface area contributed by atoms with Crippen molar-refractivity contribution >= 4 is 5.97 Å². The Morgan fingerprint density at radius 3 is 2.38 bits per heavy atom. The molecule has 2 atom stereocenters. The van der Waals surface area contributed by atoms with Crippen LogP contribution < -0.4 is 5.32 Å². The molecule has 0 spiro atoms. The van der Waals surface area contributed by atoms with Gasteiger partial charge in [-0.25, -0.2) is 0 Å². The van der Waals surface area contributed by atoms with Crippen molar-refractivity contribution in [3.8, 4) is 0 Å². The van der Waals surface area contributed by atoms with E-state index in [1.165, 1.54) is 32.1 Å². The standard InChI is InChI=1S/C13H23NO2/c15-13(16)11-7-3-4-8-12(11)14-9-10-5-1-2-6-10/h10-12,14H,1-9H2,(H,15,16). The fraction of sp³-hybridized carbons (Fsp3) is 0.923. The van der Waals surface area contributed by atoms with Crippen LogP contribution in [0.1, 0.15) is 51.4 Å². The van der Waals surface area contributed by atoms with E-state index in [2.05, 4.69) is 5.32 Å². The van der Waals surface area contributed by atoms with Gasteiger partial charge in [0.25, 0.3) is 0 Å². The van der Waals surface area contributed by atoms with Gasteiger partial charge in [-0.05, 0) is 38.1 Å². The third-order valence-corrected chi connectivity index (χ3v) is 4.23. The van der Waals surface area contributed by atoms with E-state index in [0.29, 0.717) is 0 Å². The molecule has 2 fully saturated rings. The molecule has 0 aliphatic heterocycles. The SMILES string of the molecule is O=C(O)C1CCCCC1NCC1CCCC1. The molecule has 2 unspecified atom stereocenters. The van der Waals surface area contributed by atoms with Crippen LogP contribution in [0.3, 0.4) is 0 Å². The summed E-state index contributed by atoms with van der Waals surface area (Å²) in [6.07, 6.45) is 9.56. The predicted octanol–water partition coefficient (Wildman–Crippen LogP) is 2.41. The molecule has 0 aromatic heterocycles. The average molecular weight is 225 g/mol. The van der Waals surface area contributed by atoms with Crippen molar-refractivity contribution < 1.29 is 9.90 Å². The molecule has 0 saturated heterocycles. The molecule has 2 aliphatic carbocycles. The Kier molecular flexibility index (Phi) is 4.22. The van der Waals surface area contributed by atoms with Gasteiger partial charge in [0.2, 0.25) is 0 Å². The summed E-state index contributed by atoms with van der Waals surface area (Å²) in [4.78, 5) is 11.1. The molecule has 0 heterocycles. The fourth-order valence-corrected chi connectivity index (χ4v) is 3.20. The summed E-state index contributed by atoms with van der Waals surface area (Å²) < 4.78 is 0. The number of aliphatic carboxylic acids is 1. The molecule has 3 nitrogen and oxygen atoms in total.